The Morgan fingerprint density at radius 2 is 1.93 bits per heavy atom. The number of ether oxygens (including phenoxy) is 1. The molecule has 2 aromatic carbocycles. The number of rotatable bonds is 7. The molecule has 1 atom stereocenters. The monoisotopic (exact) mass is 380 g/mol. The van der Waals surface area contributed by atoms with E-state index >= 15 is 0 Å². The third-order valence-electron chi connectivity index (χ3n) is 4.27. The first-order chi connectivity index (χ1) is 13.2. The smallest absolute Gasteiger partial charge is 0.167 e. The van der Waals surface area contributed by atoms with E-state index in [4.69, 9.17) is 17.4 Å². The van der Waals surface area contributed by atoms with E-state index in [-0.39, 0.29) is 5.75 Å². The van der Waals surface area contributed by atoms with Gasteiger partial charge >= 0.3 is 0 Å². The fourth-order valence-electron chi connectivity index (χ4n) is 2.94. The van der Waals surface area contributed by atoms with Crippen molar-refractivity contribution in [2.75, 3.05) is 13.7 Å². The molecule has 0 aliphatic heterocycles. The topological polar surface area (TPSA) is 84.0 Å². The summed E-state index contributed by atoms with van der Waals surface area (Å²) in [5.74, 6) is 1.32. The summed E-state index contributed by atoms with van der Waals surface area (Å²) < 4.78 is 7.10. The average molecular weight is 380 g/mol. The molecule has 1 unspecified atom stereocenters. The lowest BCUT2D eigenvalue weighted by Gasteiger charge is -2.16. The molecule has 1 heterocycles. The highest BCUT2D eigenvalue weighted by Gasteiger charge is 2.23. The zero-order valence-electron chi connectivity index (χ0n) is 14.9. The predicted molar refractivity (Wildman–Crippen MR) is 106 cm³/mol. The standard InChI is InChI=1S/C20H20N4O2S/c1-26-12-6-11-24-19(16-9-4-5-10-17(16)25)22-23-20(24)18(27)15-8-3-2-7-14(15)13-21/h2-5,7-10,18,25,27H,6,11-12H2,1H3. The van der Waals surface area contributed by atoms with Gasteiger partial charge < -0.3 is 14.4 Å². The number of phenolic OH excluding ortho intramolecular Hbond substituents is 1. The predicted octanol–water partition coefficient (Wildman–Crippen LogP) is 3.58. The number of aromatic nitrogens is 3. The van der Waals surface area contributed by atoms with Crippen molar-refractivity contribution < 1.29 is 9.84 Å². The fraction of sp³-hybridized carbons (Fsp3) is 0.250. The number of aromatic hydroxyl groups is 1. The van der Waals surface area contributed by atoms with Crippen molar-refractivity contribution in [3.8, 4) is 23.2 Å². The number of para-hydroxylation sites is 1. The van der Waals surface area contributed by atoms with E-state index in [1.54, 1.807) is 31.4 Å². The summed E-state index contributed by atoms with van der Waals surface area (Å²) in [5.41, 5.74) is 1.92. The molecule has 0 bridgehead atoms. The van der Waals surface area contributed by atoms with Gasteiger partial charge in [-0.3, -0.25) is 0 Å². The van der Waals surface area contributed by atoms with Gasteiger partial charge in [0.2, 0.25) is 0 Å². The van der Waals surface area contributed by atoms with Crippen molar-refractivity contribution in [3.63, 3.8) is 0 Å². The maximum atomic E-state index is 10.2. The van der Waals surface area contributed by atoms with Crippen LogP contribution in [0.2, 0.25) is 0 Å². The summed E-state index contributed by atoms with van der Waals surface area (Å²) in [4.78, 5) is 0. The maximum absolute atomic E-state index is 10.2. The summed E-state index contributed by atoms with van der Waals surface area (Å²) in [6.45, 7) is 1.19. The molecule has 1 aromatic heterocycles. The normalized spacial score (nSPS) is 11.9. The van der Waals surface area contributed by atoms with Crippen molar-refractivity contribution in [1.29, 1.82) is 5.26 Å². The molecule has 0 spiro atoms. The first kappa shape index (κ1) is 19.0. The zero-order chi connectivity index (χ0) is 19.2. The van der Waals surface area contributed by atoms with E-state index in [2.05, 4.69) is 16.3 Å². The summed E-state index contributed by atoms with van der Waals surface area (Å²) in [5, 5.41) is 27.9. The third-order valence-corrected chi connectivity index (χ3v) is 4.78. The lowest BCUT2D eigenvalue weighted by Crippen LogP contribution is -2.11. The molecule has 0 aliphatic carbocycles. The van der Waals surface area contributed by atoms with Gasteiger partial charge in [-0.15, -0.1) is 10.2 Å². The Labute approximate surface area is 163 Å². The van der Waals surface area contributed by atoms with Gasteiger partial charge in [0.05, 0.1) is 22.4 Å². The zero-order valence-corrected chi connectivity index (χ0v) is 15.8. The molecule has 1 N–H and O–H groups in total. The van der Waals surface area contributed by atoms with Crippen LogP contribution in [0.3, 0.4) is 0 Å². The van der Waals surface area contributed by atoms with Gasteiger partial charge in [-0.1, -0.05) is 30.3 Å². The van der Waals surface area contributed by atoms with Gasteiger partial charge in [-0.25, -0.2) is 0 Å². The molecule has 0 saturated carbocycles. The number of hydrogen-bond acceptors (Lipinski definition) is 6. The van der Waals surface area contributed by atoms with Crippen molar-refractivity contribution in [1.82, 2.24) is 14.8 Å². The van der Waals surface area contributed by atoms with E-state index < -0.39 is 5.25 Å². The van der Waals surface area contributed by atoms with Crippen LogP contribution in [0.4, 0.5) is 0 Å². The molecule has 0 amide bonds. The van der Waals surface area contributed by atoms with Gasteiger partial charge in [-0.05, 0) is 30.2 Å². The van der Waals surface area contributed by atoms with Crippen LogP contribution in [0, 0.1) is 11.3 Å². The number of hydrogen-bond donors (Lipinski definition) is 2. The minimum Gasteiger partial charge on any atom is -0.507 e. The van der Waals surface area contributed by atoms with Crippen LogP contribution >= 0.6 is 12.6 Å². The lowest BCUT2D eigenvalue weighted by atomic mass is 10.0. The molecule has 7 heteroatoms. The molecule has 0 fully saturated rings. The molecule has 0 saturated heterocycles. The molecule has 0 radical (unpaired) electrons. The molecule has 6 nitrogen and oxygen atoms in total. The fourth-order valence-corrected chi connectivity index (χ4v) is 3.36. The summed E-state index contributed by atoms with van der Waals surface area (Å²) in [6.07, 6.45) is 0.753. The van der Waals surface area contributed by atoms with E-state index in [0.29, 0.717) is 35.9 Å². The quantitative estimate of drug-likeness (QED) is 0.483. The minimum atomic E-state index is -0.421. The summed E-state index contributed by atoms with van der Waals surface area (Å²) in [7, 11) is 1.65. The molecule has 138 valence electrons. The second-order valence-corrected chi connectivity index (χ2v) is 6.51. The van der Waals surface area contributed by atoms with Crippen molar-refractivity contribution >= 4 is 12.6 Å². The van der Waals surface area contributed by atoms with Crippen LogP contribution < -0.4 is 0 Å². The number of methoxy groups -OCH3 is 1. The Balaban J connectivity index is 2.07. The molecule has 0 aliphatic rings. The van der Waals surface area contributed by atoms with Gasteiger partial charge in [0.15, 0.2) is 11.6 Å². The van der Waals surface area contributed by atoms with Crippen molar-refractivity contribution in [2.24, 2.45) is 0 Å². The second kappa shape index (κ2) is 8.71. The highest BCUT2D eigenvalue weighted by Crippen LogP contribution is 2.34. The van der Waals surface area contributed by atoms with E-state index in [9.17, 15) is 10.4 Å². The van der Waals surface area contributed by atoms with Crippen molar-refractivity contribution in [3.05, 3.63) is 65.5 Å². The number of benzene rings is 2. The molecular weight excluding hydrogens is 360 g/mol. The highest BCUT2D eigenvalue weighted by molar-refractivity contribution is 7.80. The first-order valence-electron chi connectivity index (χ1n) is 8.55. The van der Waals surface area contributed by atoms with Crippen LogP contribution in [0.15, 0.2) is 48.5 Å². The van der Waals surface area contributed by atoms with Gasteiger partial charge in [0.25, 0.3) is 0 Å². The third kappa shape index (κ3) is 3.97. The van der Waals surface area contributed by atoms with Crippen LogP contribution in [-0.2, 0) is 11.3 Å². The second-order valence-electron chi connectivity index (χ2n) is 6.00. The molecule has 27 heavy (non-hydrogen) atoms. The number of nitrogens with zero attached hydrogens (tertiary/aromatic N) is 4. The van der Waals surface area contributed by atoms with Gasteiger partial charge in [0, 0.05) is 20.3 Å². The van der Waals surface area contributed by atoms with Crippen LogP contribution in [0.1, 0.15) is 28.6 Å². The minimum absolute atomic E-state index is 0.137. The van der Waals surface area contributed by atoms with E-state index in [0.717, 1.165) is 12.0 Å². The summed E-state index contributed by atoms with van der Waals surface area (Å²) in [6, 6.07) is 16.5. The number of nitriles is 1. The first-order valence-corrected chi connectivity index (χ1v) is 9.06. The number of phenols is 1. The number of thiol groups is 1. The van der Waals surface area contributed by atoms with Crippen LogP contribution in [-0.4, -0.2) is 33.6 Å². The Bertz CT molecular complexity index is 965. The maximum Gasteiger partial charge on any atom is 0.167 e. The SMILES string of the molecule is COCCCn1c(-c2ccccc2O)nnc1C(S)c1ccccc1C#N. The van der Waals surface area contributed by atoms with Crippen LogP contribution in [0.25, 0.3) is 11.4 Å². The van der Waals surface area contributed by atoms with Crippen molar-refractivity contribution in [2.45, 2.75) is 18.2 Å². The lowest BCUT2D eigenvalue weighted by molar-refractivity contribution is 0.190. The average Bonchev–Trinajstić information content (AvgIpc) is 3.11. The summed E-state index contributed by atoms with van der Waals surface area (Å²) >= 11 is 4.73. The molecular formula is C20H20N4O2S. The Kier molecular flexibility index (Phi) is 6.12. The Morgan fingerprint density at radius 1 is 1.19 bits per heavy atom. The van der Waals surface area contributed by atoms with E-state index in [1.807, 2.05) is 28.8 Å². The van der Waals surface area contributed by atoms with E-state index in [1.165, 1.54) is 0 Å². The largest absolute Gasteiger partial charge is 0.507 e. The van der Waals surface area contributed by atoms with Crippen LogP contribution in [0.5, 0.6) is 5.75 Å². The van der Waals surface area contributed by atoms with Gasteiger partial charge in [-0.2, -0.15) is 17.9 Å². The highest BCUT2D eigenvalue weighted by atomic mass is 32.1. The Hall–Kier alpha value is -2.82. The molecule has 3 rings (SSSR count). The molecule has 3 aromatic rings. The van der Waals surface area contributed by atoms with Gasteiger partial charge in [0.1, 0.15) is 5.75 Å². The Morgan fingerprint density at radius 3 is 2.67 bits per heavy atom.